The highest BCUT2D eigenvalue weighted by atomic mass is 19.3. The molecule has 8 heteroatoms. The van der Waals surface area contributed by atoms with E-state index in [4.69, 9.17) is 10.8 Å². The molecular formula is C11H11F3N4O. The standard InChI is InChI=1S/C11H11F3N4O/c12-8-2-1-6(9(15)4-19)3-7(8)10-16-5-17-18(10)11(13)14/h1-3,5,9,11,19H,4,15H2. The molecule has 0 saturated carbocycles. The Kier molecular flexibility index (Phi) is 3.82. The van der Waals surface area contributed by atoms with Crippen LogP contribution in [0.1, 0.15) is 18.2 Å². The quantitative estimate of drug-likeness (QED) is 0.883. The van der Waals surface area contributed by atoms with E-state index in [9.17, 15) is 13.2 Å². The van der Waals surface area contributed by atoms with E-state index in [1.54, 1.807) is 0 Å². The number of alkyl halides is 2. The molecule has 2 rings (SSSR count). The molecular weight excluding hydrogens is 261 g/mol. The minimum Gasteiger partial charge on any atom is -0.394 e. The molecule has 0 radical (unpaired) electrons. The largest absolute Gasteiger partial charge is 0.394 e. The molecule has 1 atom stereocenters. The summed E-state index contributed by atoms with van der Waals surface area (Å²) in [6.45, 7) is -3.26. The van der Waals surface area contributed by atoms with Crippen LogP contribution in [-0.4, -0.2) is 26.5 Å². The lowest BCUT2D eigenvalue weighted by atomic mass is 10.0. The van der Waals surface area contributed by atoms with Crippen molar-refractivity contribution in [2.24, 2.45) is 5.73 Å². The van der Waals surface area contributed by atoms with E-state index >= 15 is 0 Å². The van der Waals surface area contributed by atoms with Crippen molar-refractivity contribution in [1.29, 1.82) is 0 Å². The summed E-state index contributed by atoms with van der Waals surface area (Å²) in [5.41, 5.74) is 5.88. The van der Waals surface area contributed by atoms with Crippen LogP contribution >= 0.6 is 0 Å². The molecule has 3 N–H and O–H groups in total. The molecule has 19 heavy (non-hydrogen) atoms. The number of hydrogen-bond donors (Lipinski definition) is 2. The Morgan fingerprint density at radius 2 is 2.11 bits per heavy atom. The van der Waals surface area contributed by atoms with Crippen molar-refractivity contribution in [3.8, 4) is 11.4 Å². The molecule has 5 nitrogen and oxygen atoms in total. The average Bonchev–Trinajstić information content (AvgIpc) is 2.87. The second-order valence-electron chi connectivity index (χ2n) is 3.83. The Morgan fingerprint density at radius 3 is 2.74 bits per heavy atom. The zero-order valence-electron chi connectivity index (χ0n) is 9.67. The number of halogens is 3. The fraction of sp³-hybridized carbons (Fsp3) is 0.273. The number of aliphatic hydroxyl groups excluding tert-OH is 1. The molecule has 0 aliphatic carbocycles. The average molecular weight is 272 g/mol. The summed E-state index contributed by atoms with van der Waals surface area (Å²) >= 11 is 0. The summed E-state index contributed by atoms with van der Waals surface area (Å²) in [6, 6.07) is 3.02. The smallest absolute Gasteiger partial charge is 0.335 e. The first kappa shape index (κ1) is 13.5. The van der Waals surface area contributed by atoms with Gasteiger partial charge in [0.15, 0.2) is 5.82 Å². The number of nitrogens with zero attached hydrogens (tertiary/aromatic N) is 3. The first-order valence-corrected chi connectivity index (χ1v) is 5.38. The Bertz CT molecular complexity index is 573. The lowest BCUT2D eigenvalue weighted by Crippen LogP contribution is -2.15. The summed E-state index contributed by atoms with van der Waals surface area (Å²) in [5, 5.41) is 12.3. The molecule has 0 aliphatic rings. The Morgan fingerprint density at radius 1 is 1.37 bits per heavy atom. The molecule has 0 bridgehead atoms. The van der Waals surface area contributed by atoms with E-state index in [0.29, 0.717) is 10.2 Å². The van der Waals surface area contributed by atoms with Gasteiger partial charge in [-0.05, 0) is 17.7 Å². The minimum absolute atomic E-state index is 0.140. The van der Waals surface area contributed by atoms with Crippen LogP contribution in [-0.2, 0) is 0 Å². The van der Waals surface area contributed by atoms with Gasteiger partial charge in [-0.3, -0.25) is 0 Å². The maximum absolute atomic E-state index is 13.7. The second kappa shape index (κ2) is 5.37. The van der Waals surface area contributed by atoms with Gasteiger partial charge in [0.25, 0.3) is 0 Å². The van der Waals surface area contributed by atoms with E-state index < -0.39 is 18.4 Å². The summed E-state index contributed by atoms with van der Waals surface area (Å²) in [4.78, 5) is 3.62. The monoisotopic (exact) mass is 272 g/mol. The third-order valence-corrected chi connectivity index (χ3v) is 2.61. The lowest BCUT2D eigenvalue weighted by molar-refractivity contribution is 0.0582. The molecule has 0 aliphatic heterocycles. The molecule has 0 amide bonds. The molecule has 0 saturated heterocycles. The number of nitrogens with two attached hydrogens (primary N) is 1. The Labute approximate surface area is 106 Å². The van der Waals surface area contributed by atoms with Crippen molar-refractivity contribution in [2.75, 3.05) is 6.61 Å². The van der Waals surface area contributed by atoms with E-state index in [0.717, 1.165) is 12.4 Å². The number of rotatable bonds is 4. The molecule has 0 spiro atoms. The molecule has 1 heterocycles. The zero-order valence-corrected chi connectivity index (χ0v) is 9.67. The van der Waals surface area contributed by atoms with Crippen molar-refractivity contribution in [3.05, 3.63) is 35.9 Å². The molecule has 1 aromatic carbocycles. The van der Waals surface area contributed by atoms with Crippen LogP contribution in [0.4, 0.5) is 13.2 Å². The SMILES string of the molecule is NC(CO)c1ccc(F)c(-c2ncnn2C(F)F)c1. The van der Waals surface area contributed by atoms with Crippen LogP contribution in [0.2, 0.25) is 0 Å². The first-order valence-electron chi connectivity index (χ1n) is 5.38. The highest BCUT2D eigenvalue weighted by Crippen LogP contribution is 2.26. The zero-order chi connectivity index (χ0) is 14.0. The van der Waals surface area contributed by atoms with Gasteiger partial charge in [-0.25, -0.2) is 9.37 Å². The van der Waals surface area contributed by atoms with Crippen LogP contribution in [0, 0.1) is 5.82 Å². The van der Waals surface area contributed by atoms with Crippen LogP contribution in [0.5, 0.6) is 0 Å². The van der Waals surface area contributed by atoms with Gasteiger partial charge in [0, 0.05) is 0 Å². The second-order valence-corrected chi connectivity index (χ2v) is 3.83. The highest BCUT2D eigenvalue weighted by Gasteiger charge is 2.19. The van der Waals surface area contributed by atoms with Crippen molar-refractivity contribution in [3.63, 3.8) is 0 Å². The van der Waals surface area contributed by atoms with Gasteiger partial charge in [0.05, 0.1) is 18.2 Å². The van der Waals surface area contributed by atoms with Gasteiger partial charge < -0.3 is 10.8 Å². The molecule has 2 aromatic rings. The van der Waals surface area contributed by atoms with Gasteiger partial charge >= 0.3 is 6.55 Å². The van der Waals surface area contributed by atoms with Gasteiger partial charge in [-0.1, -0.05) is 6.07 Å². The summed E-state index contributed by atoms with van der Waals surface area (Å²) < 4.78 is 39.4. The number of hydrogen-bond acceptors (Lipinski definition) is 4. The minimum atomic E-state index is -2.92. The van der Waals surface area contributed by atoms with Crippen molar-refractivity contribution >= 4 is 0 Å². The predicted octanol–water partition coefficient (Wildman–Crippen LogP) is 1.47. The Balaban J connectivity index is 2.52. The van der Waals surface area contributed by atoms with Crippen LogP contribution in [0.15, 0.2) is 24.5 Å². The summed E-state index contributed by atoms with van der Waals surface area (Å²) in [7, 11) is 0. The number of aliphatic hydroxyl groups is 1. The first-order chi connectivity index (χ1) is 9.04. The van der Waals surface area contributed by atoms with E-state index in [1.807, 2.05) is 0 Å². The molecule has 102 valence electrons. The van der Waals surface area contributed by atoms with Crippen molar-refractivity contribution in [2.45, 2.75) is 12.6 Å². The third kappa shape index (κ3) is 2.59. The normalized spacial score (nSPS) is 12.9. The number of aromatic nitrogens is 3. The van der Waals surface area contributed by atoms with Crippen molar-refractivity contribution in [1.82, 2.24) is 14.8 Å². The maximum Gasteiger partial charge on any atom is 0.335 e. The summed E-state index contributed by atoms with van der Waals surface area (Å²) in [5.74, 6) is -1.01. The maximum atomic E-state index is 13.7. The fourth-order valence-electron chi connectivity index (χ4n) is 1.64. The van der Waals surface area contributed by atoms with Crippen LogP contribution in [0.3, 0.4) is 0 Å². The predicted molar refractivity (Wildman–Crippen MR) is 60.7 cm³/mol. The lowest BCUT2D eigenvalue weighted by Gasteiger charge is -2.11. The van der Waals surface area contributed by atoms with Gasteiger partial charge in [0.1, 0.15) is 12.1 Å². The highest BCUT2D eigenvalue weighted by molar-refractivity contribution is 5.57. The fourth-order valence-corrected chi connectivity index (χ4v) is 1.64. The van der Waals surface area contributed by atoms with Gasteiger partial charge in [0.2, 0.25) is 0 Å². The van der Waals surface area contributed by atoms with Crippen molar-refractivity contribution < 1.29 is 18.3 Å². The topological polar surface area (TPSA) is 77.0 Å². The van der Waals surface area contributed by atoms with E-state index in [2.05, 4.69) is 10.1 Å². The third-order valence-electron chi connectivity index (χ3n) is 2.61. The molecule has 1 unspecified atom stereocenters. The van der Waals surface area contributed by atoms with E-state index in [-0.39, 0.29) is 18.0 Å². The van der Waals surface area contributed by atoms with Crippen LogP contribution in [0.25, 0.3) is 11.4 Å². The van der Waals surface area contributed by atoms with Gasteiger partial charge in [-0.15, -0.1) is 0 Å². The Hall–Kier alpha value is -1.93. The molecule has 1 aromatic heterocycles. The molecule has 0 fully saturated rings. The number of benzene rings is 1. The van der Waals surface area contributed by atoms with Gasteiger partial charge in [-0.2, -0.15) is 18.6 Å². The summed E-state index contributed by atoms with van der Waals surface area (Å²) in [6.07, 6.45) is 0.916. The van der Waals surface area contributed by atoms with Crippen LogP contribution < -0.4 is 5.73 Å². The van der Waals surface area contributed by atoms with E-state index in [1.165, 1.54) is 12.1 Å².